The molecule has 1 fully saturated rings. The van der Waals surface area contributed by atoms with Crippen molar-refractivity contribution in [2.45, 2.75) is 45.7 Å². The van der Waals surface area contributed by atoms with E-state index in [0.717, 1.165) is 12.6 Å². The molecule has 0 aromatic rings. The standard InChI is InChI=1S/C10H20N2S/c1-7(2)6-12(9-4-5-9)8(3)10(11)13/h7-9H,4-6H2,1-3H3,(H2,11,13). The Morgan fingerprint density at radius 1 is 1.46 bits per heavy atom. The van der Waals surface area contributed by atoms with Gasteiger partial charge in [-0.05, 0) is 25.7 Å². The summed E-state index contributed by atoms with van der Waals surface area (Å²) in [6.45, 7) is 7.70. The van der Waals surface area contributed by atoms with Crippen LogP contribution in [0.25, 0.3) is 0 Å². The van der Waals surface area contributed by atoms with E-state index in [9.17, 15) is 0 Å². The van der Waals surface area contributed by atoms with Crippen molar-refractivity contribution in [2.24, 2.45) is 11.7 Å². The van der Waals surface area contributed by atoms with Gasteiger partial charge in [-0.1, -0.05) is 26.1 Å². The third-order valence-corrected chi connectivity index (χ3v) is 2.84. The van der Waals surface area contributed by atoms with Crippen molar-refractivity contribution in [3.63, 3.8) is 0 Å². The lowest BCUT2D eigenvalue weighted by Gasteiger charge is -2.29. The molecule has 0 aromatic heterocycles. The minimum atomic E-state index is 0.268. The van der Waals surface area contributed by atoms with Crippen molar-refractivity contribution >= 4 is 17.2 Å². The smallest absolute Gasteiger partial charge is 0.0899 e. The molecule has 1 unspecified atom stereocenters. The van der Waals surface area contributed by atoms with Crippen LogP contribution in [0.3, 0.4) is 0 Å². The number of rotatable bonds is 5. The molecule has 0 saturated heterocycles. The van der Waals surface area contributed by atoms with Crippen LogP contribution in [0.15, 0.2) is 0 Å². The first-order valence-corrected chi connectivity index (χ1v) is 5.48. The molecule has 0 radical (unpaired) electrons. The molecule has 2 N–H and O–H groups in total. The van der Waals surface area contributed by atoms with Crippen molar-refractivity contribution < 1.29 is 0 Å². The first-order valence-electron chi connectivity index (χ1n) is 5.07. The van der Waals surface area contributed by atoms with E-state index in [1.165, 1.54) is 12.8 Å². The van der Waals surface area contributed by atoms with Gasteiger partial charge in [0, 0.05) is 12.6 Å². The lowest BCUT2D eigenvalue weighted by atomic mass is 10.1. The fourth-order valence-electron chi connectivity index (χ4n) is 1.61. The van der Waals surface area contributed by atoms with Crippen LogP contribution in [0, 0.1) is 5.92 Å². The Bertz CT molecular complexity index is 187. The molecule has 1 rings (SSSR count). The number of hydrogen-bond donors (Lipinski definition) is 1. The summed E-state index contributed by atoms with van der Waals surface area (Å²) in [5.41, 5.74) is 5.67. The Morgan fingerprint density at radius 3 is 2.31 bits per heavy atom. The molecular weight excluding hydrogens is 180 g/mol. The summed E-state index contributed by atoms with van der Waals surface area (Å²) in [6.07, 6.45) is 2.64. The van der Waals surface area contributed by atoms with Crippen molar-refractivity contribution in [3.8, 4) is 0 Å². The summed E-state index contributed by atoms with van der Waals surface area (Å²) < 4.78 is 0. The van der Waals surface area contributed by atoms with Gasteiger partial charge in [0.2, 0.25) is 0 Å². The zero-order valence-corrected chi connectivity index (χ0v) is 9.60. The SMILES string of the molecule is CC(C)CN(C1CC1)C(C)C(N)=S. The van der Waals surface area contributed by atoms with E-state index in [1.807, 2.05) is 0 Å². The van der Waals surface area contributed by atoms with E-state index < -0.39 is 0 Å². The molecule has 0 heterocycles. The van der Waals surface area contributed by atoms with Crippen molar-refractivity contribution in [3.05, 3.63) is 0 Å². The molecule has 1 aliphatic rings. The predicted octanol–water partition coefficient (Wildman–Crippen LogP) is 1.78. The van der Waals surface area contributed by atoms with E-state index >= 15 is 0 Å². The highest BCUT2D eigenvalue weighted by Gasteiger charge is 2.33. The topological polar surface area (TPSA) is 29.3 Å². The molecule has 1 saturated carbocycles. The van der Waals surface area contributed by atoms with Gasteiger partial charge in [0.15, 0.2) is 0 Å². The molecule has 0 aliphatic heterocycles. The minimum Gasteiger partial charge on any atom is -0.392 e. The third kappa shape index (κ3) is 3.24. The second kappa shape index (κ2) is 4.38. The minimum absolute atomic E-state index is 0.268. The van der Waals surface area contributed by atoms with Crippen molar-refractivity contribution in [2.75, 3.05) is 6.54 Å². The fraction of sp³-hybridized carbons (Fsp3) is 0.900. The molecule has 0 bridgehead atoms. The zero-order valence-electron chi connectivity index (χ0n) is 8.79. The average molecular weight is 200 g/mol. The van der Waals surface area contributed by atoms with Gasteiger partial charge < -0.3 is 5.73 Å². The lowest BCUT2D eigenvalue weighted by molar-refractivity contribution is 0.216. The fourth-order valence-corrected chi connectivity index (χ4v) is 1.75. The van der Waals surface area contributed by atoms with Crippen LogP contribution in [0.2, 0.25) is 0 Å². The number of nitrogens with two attached hydrogens (primary N) is 1. The molecule has 13 heavy (non-hydrogen) atoms. The van der Waals surface area contributed by atoms with Crippen molar-refractivity contribution in [1.29, 1.82) is 0 Å². The van der Waals surface area contributed by atoms with E-state index in [-0.39, 0.29) is 6.04 Å². The number of hydrogen-bond acceptors (Lipinski definition) is 2. The van der Waals surface area contributed by atoms with E-state index in [1.54, 1.807) is 0 Å². The summed E-state index contributed by atoms with van der Waals surface area (Å²) in [4.78, 5) is 3.08. The van der Waals surface area contributed by atoms with E-state index in [4.69, 9.17) is 18.0 Å². The van der Waals surface area contributed by atoms with E-state index in [2.05, 4.69) is 25.7 Å². The summed E-state index contributed by atoms with van der Waals surface area (Å²) in [5.74, 6) is 0.692. The largest absolute Gasteiger partial charge is 0.392 e. The monoisotopic (exact) mass is 200 g/mol. The van der Waals surface area contributed by atoms with Crippen LogP contribution >= 0.6 is 12.2 Å². The van der Waals surface area contributed by atoms with Gasteiger partial charge in [-0.3, -0.25) is 4.90 Å². The van der Waals surface area contributed by atoms with Crippen LogP contribution in [0.1, 0.15) is 33.6 Å². The Morgan fingerprint density at radius 2 is 2.00 bits per heavy atom. The quantitative estimate of drug-likeness (QED) is 0.686. The van der Waals surface area contributed by atoms with Gasteiger partial charge in [-0.15, -0.1) is 0 Å². The van der Waals surface area contributed by atoms with Crippen LogP contribution in [0.4, 0.5) is 0 Å². The Balaban J connectivity index is 2.50. The summed E-state index contributed by atoms with van der Waals surface area (Å²) in [6, 6.07) is 1.02. The molecule has 76 valence electrons. The number of nitrogens with zero attached hydrogens (tertiary/aromatic N) is 1. The third-order valence-electron chi connectivity index (χ3n) is 2.50. The lowest BCUT2D eigenvalue weighted by Crippen LogP contribution is -2.44. The van der Waals surface area contributed by atoms with Gasteiger partial charge in [-0.25, -0.2) is 0 Å². The maximum Gasteiger partial charge on any atom is 0.0899 e. The van der Waals surface area contributed by atoms with Gasteiger partial charge >= 0.3 is 0 Å². The molecule has 3 heteroatoms. The Labute approximate surface area is 86.5 Å². The predicted molar refractivity (Wildman–Crippen MR) is 60.8 cm³/mol. The van der Waals surface area contributed by atoms with E-state index in [0.29, 0.717) is 10.9 Å². The highest BCUT2D eigenvalue weighted by atomic mass is 32.1. The Hall–Kier alpha value is -0.150. The van der Waals surface area contributed by atoms with Gasteiger partial charge in [-0.2, -0.15) is 0 Å². The Kier molecular flexibility index (Phi) is 3.68. The molecule has 0 aromatic carbocycles. The van der Waals surface area contributed by atoms with Crippen LogP contribution in [0.5, 0.6) is 0 Å². The average Bonchev–Trinajstić information content (AvgIpc) is 2.80. The highest BCUT2D eigenvalue weighted by Crippen LogP contribution is 2.29. The maximum absolute atomic E-state index is 5.67. The van der Waals surface area contributed by atoms with Gasteiger partial charge in [0.05, 0.1) is 11.0 Å². The highest BCUT2D eigenvalue weighted by molar-refractivity contribution is 7.80. The molecule has 1 atom stereocenters. The zero-order chi connectivity index (χ0) is 10.0. The summed E-state index contributed by atoms with van der Waals surface area (Å²) in [5, 5.41) is 0. The first-order chi connectivity index (χ1) is 6.02. The molecule has 0 amide bonds. The molecular formula is C10H20N2S. The molecule has 1 aliphatic carbocycles. The van der Waals surface area contributed by atoms with Crippen LogP contribution < -0.4 is 5.73 Å². The van der Waals surface area contributed by atoms with Crippen molar-refractivity contribution in [1.82, 2.24) is 4.90 Å². The normalized spacial score (nSPS) is 19.5. The number of thiocarbonyl (C=S) groups is 1. The van der Waals surface area contributed by atoms with Gasteiger partial charge in [0.1, 0.15) is 0 Å². The summed E-state index contributed by atoms with van der Waals surface area (Å²) in [7, 11) is 0. The second-order valence-corrected chi connectivity index (χ2v) is 4.87. The van der Waals surface area contributed by atoms with Gasteiger partial charge in [0.25, 0.3) is 0 Å². The maximum atomic E-state index is 5.67. The molecule has 2 nitrogen and oxygen atoms in total. The first kappa shape index (κ1) is 10.9. The summed E-state index contributed by atoms with van der Waals surface area (Å²) >= 11 is 5.03. The second-order valence-electron chi connectivity index (χ2n) is 4.40. The van der Waals surface area contributed by atoms with Crippen LogP contribution in [-0.2, 0) is 0 Å². The van der Waals surface area contributed by atoms with Crippen LogP contribution in [-0.4, -0.2) is 28.5 Å². The molecule has 0 spiro atoms.